The van der Waals surface area contributed by atoms with Gasteiger partial charge in [-0.1, -0.05) is 6.58 Å². The van der Waals surface area contributed by atoms with Crippen LogP contribution in [0.1, 0.15) is 53.9 Å². The maximum absolute atomic E-state index is 11.1. The largest absolute Gasteiger partial charge is 0.368 e. The molecule has 0 amide bonds. The van der Waals surface area contributed by atoms with Gasteiger partial charge in [0.15, 0.2) is 0 Å². The highest BCUT2D eigenvalue weighted by Gasteiger charge is 2.37. The molecule has 0 atom stereocenters. The highest BCUT2D eigenvalue weighted by atomic mass is 17.2. The van der Waals surface area contributed by atoms with Crippen LogP contribution in [-0.2, 0) is 14.6 Å². The van der Waals surface area contributed by atoms with Gasteiger partial charge in [-0.3, -0.25) is 4.89 Å². The van der Waals surface area contributed by atoms with E-state index in [0.717, 1.165) is 19.3 Å². The Morgan fingerprint density at radius 1 is 1.26 bits per heavy atom. The average molecular weight is 269 g/mol. The molecule has 1 N–H and O–H groups in total. The fourth-order valence-corrected chi connectivity index (χ4v) is 3.12. The second-order valence-corrected chi connectivity index (χ2v) is 6.93. The van der Waals surface area contributed by atoms with Crippen LogP contribution >= 0.6 is 0 Å². The van der Waals surface area contributed by atoms with E-state index >= 15 is 0 Å². The van der Waals surface area contributed by atoms with Gasteiger partial charge in [-0.25, -0.2) is 4.79 Å². The summed E-state index contributed by atoms with van der Waals surface area (Å²) in [6, 6.07) is 0. The highest BCUT2D eigenvalue weighted by molar-refractivity contribution is 5.86. The summed E-state index contributed by atoms with van der Waals surface area (Å²) in [5.74, 6) is 0.0840. The zero-order chi connectivity index (χ0) is 14.7. The van der Waals surface area contributed by atoms with E-state index < -0.39 is 5.97 Å². The van der Waals surface area contributed by atoms with E-state index in [4.69, 9.17) is 4.89 Å². The quantitative estimate of drug-likeness (QED) is 0.361. The molecule has 0 spiro atoms. The Balaban J connectivity index is 2.33. The third-order valence-electron chi connectivity index (χ3n) is 3.37. The van der Waals surface area contributed by atoms with E-state index in [1.807, 2.05) is 0 Å². The lowest BCUT2D eigenvalue weighted by Gasteiger charge is -2.46. The monoisotopic (exact) mass is 269 g/mol. The Bertz CT molecular complexity index is 331. The molecule has 0 aliphatic carbocycles. The molecule has 1 aliphatic heterocycles. The van der Waals surface area contributed by atoms with Gasteiger partial charge in [-0.05, 0) is 59.8 Å². The van der Waals surface area contributed by atoms with Gasteiger partial charge in [-0.2, -0.15) is 4.89 Å². The smallest absolute Gasteiger partial charge is 0.307 e. The Kier molecular flexibility index (Phi) is 5.16. The molecule has 0 aromatic heterocycles. The van der Waals surface area contributed by atoms with E-state index in [0.29, 0.717) is 18.1 Å². The summed E-state index contributed by atoms with van der Waals surface area (Å²) >= 11 is 0. The summed E-state index contributed by atoms with van der Waals surface area (Å²) in [5, 5.41) is 3.65. The Morgan fingerprint density at radius 2 is 1.79 bits per heavy atom. The lowest BCUT2D eigenvalue weighted by molar-refractivity contribution is -0.270. The van der Waals surface area contributed by atoms with Crippen molar-refractivity contribution < 1.29 is 14.6 Å². The van der Waals surface area contributed by atoms with Crippen LogP contribution in [0.15, 0.2) is 12.2 Å². The Hall–Kier alpha value is -0.870. The van der Waals surface area contributed by atoms with Gasteiger partial charge in [0, 0.05) is 16.7 Å². The maximum Gasteiger partial charge on any atom is 0.368 e. The molecule has 0 bridgehead atoms. The second-order valence-electron chi connectivity index (χ2n) is 6.93. The number of rotatable bonds is 5. The molecule has 1 fully saturated rings. The van der Waals surface area contributed by atoms with Gasteiger partial charge in [0.05, 0.1) is 6.61 Å². The first-order chi connectivity index (χ1) is 8.61. The normalized spacial score (nSPS) is 21.9. The number of hydrogen-bond acceptors (Lipinski definition) is 4. The van der Waals surface area contributed by atoms with Gasteiger partial charge in [0.25, 0.3) is 0 Å². The minimum absolute atomic E-state index is 0.140. The lowest BCUT2D eigenvalue weighted by atomic mass is 9.75. The second kappa shape index (κ2) is 6.06. The third kappa shape index (κ3) is 5.74. The zero-order valence-corrected chi connectivity index (χ0v) is 12.8. The summed E-state index contributed by atoms with van der Waals surface area (Å²) in [4.78, 5) is 20.8. The molecular weight excluding hydrogens is 242 g/mol. The summed E-state index contributed by atoms with van der Waals surface area (Å²) < 4.78 is 0. The molecule has 4 heteroatoms. The van der Waals surface area contributed by atoms with Crippen molar-refractivity contribution >= 4 is 5.97 Å². The van der Waals surface area contributed by atoms with E-state index in [9.17, 15) is 4.79 Å². The van der Waals surface area contributed by atoms with Crippen molar-refractivity contribution in [1.29, 1.82) is 0 Å². The first kappa shape index (κ1) is 16.2. The molecule has 19 heavy (non-hydrogen) atoms. The van der Waals surface area contributed by atoms with E-state index in [-0.39, 0.29) is 11.1 Å². The summed E-state index contributed by atoms with van der Waals surface area (Å²) in [7, 11) is 0. The van der Waals surface area contributed by atoms with Crippen LogP contribution in [0.5, 0.6) is 0 Å². The van der Waals surface area contributed by atoms with Gasteiger partial charge in [-0.15, -0.1) is 0 Å². The maximum atomic E-state index is 11.1. The predicted molar refractivity (Wildman–Crippen MR) is 75.5 cm³/mol. The molecule has 0 radical (unpaired) electrons. The van der Waals surface area contributed by atoms with Crippen LogP contribution in [0.3, 0.4) is 0 Å². The minimum atomic E-state index is -0.494. The molecule has 0 aromatic carbocycles. The molecule has 1 heterocycles. The molecular formula is C15H27NO3. The highest BCUT2D eigenvalue weighted by Crippen LogP contribution is 2.34. The molecule has 110 valence electrons. The standard InChI is InChI=1S/C15H27NO3/c1-11(2)13(17)19-18-8-7-12-9-14(3,4)16-15(5,6)10-12/h12,16H,1,7-10H2,2-6H3. The van der Waals surface area contributed by atoms with Crippen molar-refractivity contribution in [3.63, 3.8) is 0 Å². The molecule has 0 unspecified atom stereocenters. The van der Waals surface area contributed by atoms with Crippen molar-refractivity contribution in [2.75, 3.05) is 6.61 Å². The van der Waals surface area contributed by atoms with Crippen molar-refractivity contribution in [1.82, 2.24) is 5.32 Å². The van der Waals surface area contributed by atoms with Crippen LogP contribution in [0, 0.1) is 5.92 Å². The van der Waals surface area contributed by atoms with Crippen molar-refractivity contribution in [2.45, 2.75) is 65.0 Å². The summed E-state index contributed by atoms with van der Waals surface area (Å²) in [6.45, 7) is 14.4. The molecule has 4 nitrogen and oxygen atoms in total. The summed E-state index contributed by atoms with van der Waals surface area (Å²) in [6.07, 6.45) is 3.11. The molecule has 1 saturated heterocycles. The van der Waals surface area contributed by atoms with Crippen molar-refractivity contribution in [3.05, 3.63) is 12.2 Å². The lowest BCUT2D eigenvalue weighted by Crippen LogP contribution is -2.57. The first-order valence-corrected chi connectivity index (χ1v) is 6.90. The number of hydrogen-bond donors (Lipinski definition) is 1. The number of carbonyl (C=O) groups is 1. The third-order valence-corrected chi connectivity index (χ3v) is 3.37. The van der Waals surface area contributed by atoms with Gasteiger partial charge in [0.1, 0.15) is 0 Å². The van der Waals surface area contributed by atoms with Crippen molar-refractivity contribution in [2.24, 2.45) is 5.92 Å². The summed E-state index contributed by atoms with van der Waals surface area (Å²) in [5.41, 5.74) is 0.630. The van der Waals surface area contributed by atoms with Crippen molar-refractivity contribution in [3.8, 4) is 0 Å². The molecule has 1 aliphatic rings. The van der Waals surface area contributed by atoms with E-state index in [2.05, 4.69) is 44.5 Å². The fourth-order valence-electron chi connectivity index (χ4n) is 3.12. The topological polar surface area (TPSA) is 47.6 Å². The first-order valence-electron chi connectivity index (χ1n) is 6.90. The molecule has 0 aromatic rings. The van der Waals surface area contributed by atoms with Crippen LogP contribution in [0.25, 0.3) is 0 Å². The van der Waals surface area contributed by atoms with Gasteiger partial charge >= 0.3 is 5.97 Å². The predicted octanol–water partition coefficient (Wildman–Crippen LogP) is 2.98. The van der Waals surface area contributed by atoms with Crippen LogP contribution in [0.4, 0.5) is 0 Å². The van der Waals surface area contributed by atoms with Crippen LogP contribution in [-0.4, -0.2) is 23.7 Å². The Morgan fingerprint density at radius 3 is 2.26 bits per heavy atom. The fraction of sp³-hybridized carbons (Fsp3) is 0.800. The van der Waals surface area contributed by atoms with Crippen LogP contribution in [0.2, 0.25) is 0 Å². The SMILES string of the molecule is C=C(C)C(=O)OOCCC1CC(C)(C)NC(C)(C)C1. The number of nitrogens with one attached hydrogen (secondary N) is 1. The molecule has 0 saturated carbocycles. The van der Waals surface area contributed by atoms with Gasteiger partial charge < -0.3 is 5.32 Å². The minimum Gasteiger partial charge on any atom is -0.307 e. The average Bonchev–Trinajstić information content (AvgIpc) is 2.19. The molecule has 1 rings (SSSR count). The van der Waals surface area contributed by atoms with Crippen LogP contribution < -0.4 is 5.32 Å². The number of carbonyl (C=O) groups excluding carboxylic acids is 1. The van der Waals surface area contributed by atoms with Gasteiger partial charge in [0.2, 0.25) is 0 Å². The van der Waals surface area contributed by atoms with E-state index in [1.54, 1.807) is 6.92 Å². The number of piperidine rings is 1. The Labute approximate surface area is 116 Å². The zero-order valence-electron chi connectivity index (χ0n) is 12.8. The van der Waals surface area contributed by atoms with E-state index in [1.165, 1.54) is 0 Å².